The number of carboxylic acid groups (broad SMARTS) is 1. The molecule has 0 saturated heterocycles. The SMILES string of the molecule is CN(C1CC(OCCCCc2ccc3c(n2)NCCC3)C1)[C@H](C(=O)O)c1cc(F)ccc1C1CC1. The Labute approximate surface area is 206 Å². The van der Waals surface area contributed by atoms with E-state index in [0.717, 1.165) is 75.0 Å². The first kappa shape index (κ1) is 24.2. The summed E-state index contributed by atoms with van der Waals surface area (Å²) in [6.07, 6.45) is 9.13. The highest BCUT2D eigenvalue weighted by Gasteiger charge is 2.40. The molecule has 0 amide bonds. The van der Waals surface area contributed by atoms with Crippen molar-refractivity contribution in [2.75, 3.05) is 25.5 Å². The van der Waals surface area contributed by atoms with E-state index in [1.54, 1.807) is 6.07 Å². The third-order valence-electron chi connectivity index (χ3n) is 7.78. The van der Waals surface area contributed by atoms with Crippen LogP contribution in [0.2, 0.25) is 0 Å². The number of aryl methyl sites for hydroxylation is 2. The van der Waals surface area contributed by atoms with E-state index in [4.69, 9.17) is 9.72 Å². The number of aromatic nitrogens is 1. The largest absolute Gasteiger partial charge is 0.480 e. The highest BCUT2D eigenvalue weighted by molar-refractivity contribution is 5.76. The molecule has 2 fully saturated rings. The van der Waals surface area contributed by atoms with E-state index < -0.39 is 12.0 Å². The van der Waals surface area contributed by atoms with Crippen LogP contribution in [0.3, 0.4) is 0 Å². The van der Waals surface area contributed by atoms with Crippen LogP contribution in [0.1, 0.15) is 79.3 Å². The Morgan fingerprint density at radius 3 is 2.86 bits per heavy atom. The second kappa shape index (κ2) is 10.6. The second-order valence-corrected chi connectivity index (χ2v) is 10.4. The molecule has 35 heavy (non-hydrogen) atoms. The van der Waals surface area contributed by atoms with Gasteiger partial charge in [-0.15, -0.1) is 0 Å². The molecule has 3 aliphatic rings. The van der Waals surface area contributed by atoms with Gasteiger partial charge in [0.1, 0.15) is 17.7 Å². The van der Waals surface area contributed by atoms with Crippen LogP contribution in [0.15, 0.2) is 30.3 Å². The molecule has 6 nitrogen and oxygen atoms in total. The molecule has 2 aliphatic carbocycles. The number of carboxylic acids is 1. The fraction of sp³-hybridized carbons (Fsp3) is 0.571. The van der Waals surface area contributed by atoms with Crippen LogP contribution in [-0.4, -0.2) is 53.3 Å². The summed E-state index contributed by atoms with van der Waals surface area (Å²) in [7, 11) is 1.85. The average Bonchev–Trinajstić information content (AvgIpc) is 3.65. The predicted molar refractivity (Wildman–Crippen MR) is 133 cm³/mol. The first-order valence-electron chi connectivity index (χ1n) is 13.1. The van der Waals surface area contributed by atoms with Crippen molar-refractivity contribution in [2.45, 2.75) is 81.9 Å². The minimum Gasteiger partial charge on any atom is -0.480 e. The Hall–Kier alpha value is -2.51. The van der Waals surface area contributed by atoms with Crippen molar-refractivity contribution in [3.63, 3.8) is 0 Å². The summed E-state index contributed by atoms with van der Waals surface area (Å²) in [4.78, 5) is 18.9. The van der Waals surface area contributed by atoms with Crippen molar-refractivity contribution < 1.29 is 19.0 Å². The van der Waals surface area contributed by atoms with Gasteiger partial charge in [0, 0.05) is 24.9 Å². The number of hydrogen-bond donors (Lipinski definition) is 2. The van der Waals surface area contributed by atoms with E-state index in [-0.39, 0.29) is 18.0 Å². The number of nitrogens with zero attached hydrogens (tertiary/aromatic N) is 2. The lowest BCUT2D eigenvalue weighted by Gasteiger charge is -2.43. The first-order chi connectivity index (χ1) is 17.0. The number of likely N-dealkylation sites (N-methyl/N-ethyl adjacent to an activating group) is 1. The summed E-state index contributed by atoms with van der Waals surface area (Å²) in [5.74, 6) is 0.124. The highest BCUT2D eigenvalue weighted by Crippen LogP contribution is 2.45. The second-order valence-electron chi connectivity index (χ2n) is 10.4. The van der Waals surface area contributed by atoms with Crippen LogP contribution in [0.4, 0.5) is 10.2 Å². The van der Waals surface area contributed by atoms with Gasteiger partial charge in [-0.1, -0.05) is 12.1 Å². The number of pyridine rings is 1. The fourth-order valence-electron chi connectivity index (χ4n) is 5.46. The summed E-state index contributed by atoms with van der Waals surface area (Å²) in [5, 5.41) is 13.4. The molecule has 7 heteroatoms. The van der Waals surface area contributed by atoms with Gasteiger partial charge in [0.15, 0.2) is 0 Å². The molecule has 5 rings (SSSR count). The summed E-state index contributed by atoms with van der Waals surface area (Å²) in [5.41, 5.74) is 4.05. The van der Waals surface area contributed by atoms with E-state index in [1.807, 2.05) is 11.9 Å². The minimum absolute atomic E-state index is 0.128. The van der Waals surface area contributed by atoms with Gasteiger partial charge in [-0.05, 0) is 106 Å². The maximum atomic E-state index is 14.0. The molecule has 1 aromatic heterocycles. The molecular weight excluding hydrogens is 445 g/mol. The average molecular weight is 482 g/mol. The quantitative estimate of drug-likeness (QED) is 0.436. The van der Waals surface area contributed by atoms with Crippen LogP contribution in [0.25, 0.3) is 0 Å². The standard InChI is InChI=1S/C28H36FN3O3/c1-32(26(28(33)34)25-15-20(29)10-12-24(25)18-7-8-18)22-16-23(17-22)35-14-3-2-6-21-11-9-19-5-4-13-30-27(19)31-21/h9-12,15,18,22-23,26H,2-8,13-14,16-17H2,1H3,(H,30,31)(H,33,34)/t22?,23?,26-/m0/s1. The van der Waals surface area contributed by atoms with Crippen LogP contribution >= 0.6 is 0 Å². The number of unbranched alkanes of at least 4 members (excludes halogenated alkanes) is 1. The first-order valence-corrected chi connectivity index (χ1v) is 13.1. The number of carbonyl (C=O) groups is 1. The Morgan fingerprint density at radius 1 is 1.26 bits per heavy atom. The Bertz CT molecular complexity index is 1050. The third kappa shape index (κ3) is 5.67. The maximum Gasteiger partial charge on any atom is 0.325 e. The van der Waals surface area contributed by atoms with Crippen molar-refractivity contribution in [2.24, 2.45) is 0 Å². The molecule has 0 bridgehead atoms. The van der Waals surface area contributed by atoms with Gasteiger partial charge in [0.2, 0.25) is 0 Å². The van der Waals surface area contributed by atoms with Gasteiger partial charge in [0.05, 0.1) is 6.10 Å². The molecule has 188 valence electrons. The number of nitrogens with one attached hydrogen (secondary N) is 1. The Morgan fingerprint density at radius 2 is 2.09 bits per heavy atom. The zero-order valence-electron chi connectivity index (χ0n) is 20.5. The maximum absolute atomic E-state index is 14.0. The summed E-state index contributed by atoms with van der Waals surface area (Å²) in [6.45, 7) is 1.72. The van der Waals surface area contributed by atoms with Crippen molar-refractivity contribution >= 4 is 11.8 Å². The molecule has 2 saturated carbocycles. The zero-order valence-corrected chi connectivity index (χ0v) is 20.5. The monoisotopic (exact) mass is 481 g/mol. The summed E-state index contributed by atoms with van der Waals surface area (Å²) < 4.78 is 20.1. The number of aliphatic carboxylic acids is 1. The third-order valence-corrected chi connectivity index (χ3v) is 7.78. The van der Waals surface area contributed by atoms with Gasteiger partial charge in [-0.2, -0.15) is 0 Å². The number of ether oxygens (including phenoxy) is 1. The predicted octanol–water partition coefficient (Wildman–Crippen LogP) is 5.08. The number of fused-ring (bicyclic) bond motifs is 1. The molecule has 0 unspecified atom stereocenters. The molecular formula is C28H36FN3O3. The highest BCUT2D eigenvalue weighted by atomic mass is 19.1. The van der Waals surface area contributed by atoms with E-state index in [0.29, 0.717) is 18.1 Å². The molecule has 2 heterocycles. The van der Waals surface area contributed by atoms with E-state index in [2.05, 4.69) is 17.4 Å². The molecule has 1 aliphatic heterocycles. The normalized spacial score (nSPS) is 22.3. The van der Waals surface area contributed by atoms with Gasteiger partial charge in [0.25, 0.3) is 0 Å². The topological polar surface area (TPSA) is 74.7 Å². The smallest absolute Gasteiger partial charge is 0.325 e. The van der Waals surface area contributed by atoms with E-state index in [9.17, 15) is 14.3 Å². The summed E-state index contributed by atoms with van der Waals surface area (Å²) in [6, 6.07) is 8.28. The number of hydrogen-bond acceptors (Lipinski definition) is 5. The molecule has 0 radical (unpaired) electrons. The van der Waals surface area contributed by atoms with Crippen LogP contribution in [0.5, 0.6) is 0 Å². The fourth-order valence-corrected chi connectivity index (χ4v) is 5.46. The van der Waals surface area contributed by atoms with Gasteiger partial charge in [-0.25, -0.2) is 9.37 Å². The molecule has 0 spiro atoms. The Balaban J connectivity index is 1.07. The van der Waals surface area contributed by atoms with Gasteiger partial charge < -0.3 is 15.2 Å². The zero-order chi connectivity index (χ0) is 24.4. The molecule has 2 N–H and O–H groups in total. The molecule has 1 aromatic carbocycles. The van der Waals surface area contributed by atoms with Crippen LogP contribution < -0.4 is 5.32 Å². The lowest BCUT2D eigenvalue weighted by Crippen LogP contribution is -2.49. The number of benzene rings is 1. The number of anilines is 1. The lowest BCUT2D eigenvalue weighted by atomic mass is 9.85. The lowest BCUT2D eigenvalue weighted by molar-refractivity contribution is -0.146. The molecule has 1 atom stereocenters. The van der Waals surface area contributed by atoms with Gasteiger partial charge in [-0.3, -0.25) is 9.69 Å². The van der Waals surface area contributed by atoms with Crippen LogP contribution in [0, 0.1) is 5.82 Å². The van der Waals surface area contributed by atoms with Crippen molar-refractivity contribution in [1.29, 1.82) is 0 Å². The van der Waals surface area contributed by atoms with Crippen molar-refractivity contribution in [3.05, 3.63) is 58.5 Å². The van der Waals surface area contributed by atoms with E-state index in [1.165, 1.54) is 24.1 Å². The number of rotatable bonds is 11. The van der Waals surface area contributed by atoms with E-state index >= 15 is 0 Å². The molecule has 2 aromatic rings. The number of halogens is 1. The van der Waals surface area contributed by atoms with Crippen molar-refractivity contribution in [3.8, 4) is 0 Å². The van der Waals surface area contributed by atoms with Crippen LogP contribution in [-0.2, 0) is 22.4 Å². The van der Waals surface area contributed by atoms with Crippen molar-refractivity contribution in [1.82, 2.24) is 9.88 Å². The Kier molecular flexibility index (Phi) is 7.35. The summed E-state index contributed by atoms with van der Waals surface area (Å²) >= 11 is 0. The minimum atomic E-state index is -0.921. The van der Waals surface area contributed by atoms with Gasteiger partial charge >= 0.3 is 5.97 Å².